The van der Waals surface area contributed by atoms with E-state index in [9.17, 15) is 0 Å². The molecule has 0 amide bonds. The third-order valence-electron chi connectivity index (χ3n) is 1.89. The molecule has 0 aromatic heterocycles. The van der Waals surface area contributed by atoms with E-state index < -0.39 is 20.4 Å². The van der Waals surface area contributed by atoms with E-state index in [1.807, 2.05) is 0 Å². The largest absolute Gasteiger partial charge is 0.493 e. The van der Waals surface area contributed by atoms with Gasteiger partial charge in [-0.15, -0.1) is 0 Å². The van der Waals surface area contributed by atoms with Crippen LogP contribution in [-0.2, 0) is 0 Å². The number of ether oxygens (including phenoxy) is 4. The number of aliphatic hydroxyl groups is 3. The van der Waals surface area contributed by atoms with Crippen LogP contribution in [0.5, 0.6) is 23.0 Å². The van der Waals surface area contributed by atoms with Crippen molar-refractivity contribution in [3.05, 3.63) is 12.1 Å². The van der Waals surface area contributed by atoms with Crippen LogP contribution < -0.4 is 18.9 Å². The Labute approximate surface area is 97.7 Å². The summed E-state index contributed by atoms with van der Waals surface area (Å²) in [5.74, 6) is 0.867. The summed E-state index contributed by atoms with van der Waals surface area (Å²) in [6, 6.07) is 2.78. The predicted octanol–water partition coefficient (Wildman–Crippen LogP) is -0.319. The van der Waals surface area contributed by atoms with E-state index in [4.69, 9.17) is 34.3 Å². The van der Waals surface area contributed by atoms with E-state index in [0.717, 1.165) is 0 Å². The molecule has 0 unspecified atom stereocenters. The predicted molar refractivity (Wildman–Crippen MR) is 56.1 cm³/mol. The van der Waals surface area contributed by atoms with Crippen LogP contribution in [-0.4, -0.2) is 42.8 Å². The van der Waals surface area contributed by atoms with Crippen molar-refractivity contribution in [2.45, 2.75) is 0 Å². The monoisotopic (exact) mass is 246 g/mol. The average molecular weight is 246 g/mol. The first-order chi connectivity index (χ1) is 8.26. The quantitative estimate of drug-likeness (QED) is 0.567. The summed E-state index contributed by atoms with van der Waals surface area (Å²) in [7, 11) is 1.41. The van der Waals surface area contributed by atoms with Crippen molar-refractivity contribution in [1.82, 2.24) is 0 Å². The third-order valence-corrected chi connectivity index (χ3v) is 1.89. The van der Waals surface area contributed by atoms with E-state index in [0.29, 0.717) is 5.75 Å². The highest BCUT2D eigenvalue weighted by molar-refractivity contribution is 5.54. The lowest BCUT2D eigenvalue weighted by atomic mass is 10.2. The molecule has 1 aromatic rings. The molecule has 0 radical (unpaired) electrons. The smallest absolute Gasteiger partial charge is 0.186 e. The van der Waals surface area contributed by atoms with E-state index in [1.165, 1.54) is 19.2 Å². The normalized spacial score (nSPS) is 9.88. The third kappa shape index (κ3) is 3.38. The molecule has 0 atom stereocenters. The summed E-state index contributed by atoms with van der Waals surface area (Å²) in [6.07, 6.45) is 0. The van der Waals surface area contributed by atoms with Gasteiger partial charge in [0.15, 0.2) is 43.4 Å². The Kier molecular flexibility index (Phi) is 5.34. The maximum Gasteiger partial charge on any atom is 0.186 e. The fourth-order valence-electron chi connectivity index (χ4n) is 1.23. The molecule has 0 aliphatic rings. The van der Waals surface area contributed by atoms with E-state index in [-0.39, 0.29) is 17.2 Å². The number of hydrogen-bond acceptors (Lipinski definition) is 7. The number of aliphatic hydroxyl groups excluding tert-OH is 3. The molecule has 0 heterocycles. The Hall–Kier alpha value is -1.70. The molecule has 7 nitrogen and oxygen atoms in total. The van der Waals surface area contributed by atoms with Crippen molar-refractivity contribution in [2.24, 2.45) is 0 Å². The van der Waals surface area contributed by atoms with Crippen molar-refractivity contribution in [1.29, 1.82) is 0 Å². The van der Waals surface area contributed by atoms with Gasteiger partial charge in [0, 0.05) is 12.1 Å². The first kappa shape index (κ1) is 13.4. The summed E-state index contributed by atoms with van der Waals surface area (Å²) in [5, 5.41) is 26.1. The van der Waals surface area contributed by atoms with Crippen LogP contribution in [0.2, 0.25) is 0 Å². The zero-order valence-corrected chi connectivity index (χ0v) is 9.25. The van der Waals surface area contributed by atoms with Crippen LogP contribution >= 0.6 is 0 Å². The molecule has 0 aliphatic carbocycles. The van der Waals surface area contributed by atoms with E-state index in [2.05, 4.69) is 0 Å². The van der Waals surface area contributed by atoms with Crippen molar-refractivity contribution < 1.29 is 34.3 Å². The van der Waals surface area contributed by atoms with Gasteiger partial charge in [0.1, 0.15) is 0 Å². The molecule has 17 heavy (non-hydrogen) atoms. The second kappa shape index (κ2) is 6.79. The van der Waals surface area contributed by atoms with Gasteiger partial charge in [-0.2, -0.15) is 0 Å². The minimum Gasteiger partial charge on any atom is -0.493 e. The maximum atomic E-state index is 8.70. The number of benzene rings is 1. The summed E-state index contributed by atoms with van der Waals surface area (Å²) in [6.45, 7) is -1.65. The van der Waals surface area contributed by atoms with Crippen LogP contribution in [0.3, 0.4) is 0 Å². The molecule has 3 N–H and O–H groups in total. The zero-order chi connectivity index (χ0) is 12.7. The van der Waals surface area contributed by atoms with Gasteiger partial charge in [0.05, 0.1) is 7.11 Å². The molecule has 1 rings (SSSR count). The van der Waals surface area contributed by atoms with Crippen LogP contribution in [0.15, 0.2) is 12.1 Å². The van der Waals surface area contributed by atoms with Gasteiger partial charge in [0.25, 0.3) is 0 Å². The molecule has 0 spiro atoms. The summed E-state index contributed by atoms with van der Waals surface area (Å²) >= 11 is 0. The van der Waals surface area contributed by atoms with Crippen molar-refractivity contribution in [3.63, 3.8) is 0 Å². The number of hydrogen-bond donors (Lipinski definition) is 3. The van der Waals surface area contributed by atoms with Gasteiger partial charge in [0.2, 0.25) is 0 Å². The minimum atomic E-state index is -0.563. The summed E-state index contributed by atoms with van der Waals surface area (Å²) in [4.78, 5) is 0. The highest BCUT2D eigenvalue weighted by Crippen LogP contribution is 2.39. The highest BCUT2D eigenvalue weighted by atomic mass is 16.6. The van der Waals surface area contributed by atoms with E-state index >= 15 is 0 Å². The molecule has 0 bridgehead atoms. The van der Waals surface area contributed by atoms with Gasteiger partial charge in [-0.05, 0) is 0 Å². The fourth-order valence-corrected chi connectivity index (χ4v) is 1.23. The molecule has 1 aromatic carbocycles. The average Bonchev–Trinajstić information content (AvgIpc) is 2.33. The van der Waals surface area contributed by atoms with Crippen molar-refractivity contribution in [3.8, 4) is 23.0 Å². The topological polar surface area (TPSA) is 97.6 Å². The Bertz CT molecular complexity index is 353. The molecule has 0 aliphatic heterocycles. The summed E-state index contributed by atoms with van der Waals surface area (Å²) in [5.41, 5.74) is 0. The highest BCUT2D eigenvalue weighted by Gasteiger charge is 2.13. The van der Waals surface area contributed by atoms with Crippen LogP contribution in [0, 0.1) is 0 Å². The number of methoxy groups -OCH3 is 1. The van der Waals surface area contributed by atoms with Crippen LogP contribution in [0.1, 0.15) is 0 Å². The first-order valence-corrected chi connectivity index (χ1v) is 4.69. The molecule has 0 fully saturated rings. The number of rotatable bonds is 7. The Balaban J connectivity index is 3.11. The van der Waals surface area contributed by atoms with Crippen molar-refractivity contribution in [2.75, 3.05) is 27.5 Å². The second-order valence-electron chi connectivity index (χ2n) is 2.77. The van der Waals surface area contributed by atoms with Gasteiger partial charge in [-0.1, -0.05) is 0 Å². The Morgan fingerprint density at radius 3 is 1.47 bits per heavy atom. The van der Waals surface area contributed by atoms with Gasteiger partial charge < -0.3 is 34.3 Å². The molecular weight excluding hydrogens is 232 g/mol. The van der Waals surface area contributed by atoms with Crippen LogP contribution in [0.4, 0.5) is 0 Å². The molecule has 7 heteroatoms. The zero-order valence-electron chi connectivity index (χ0n) is 9.25. The molecule has 0 saturated heterocycles. The van der Waals surface area contributed by atoms with Gasteiger partial charge in [-0.3, -0.25) is 0 Å². The first-order valence-electron chi connectivity index (χ1n) is 4.69. The lowest BCUT2D eigenvalue weighted by Gasteiger charge is -2.14. The van der Waals surface area contributed by atoms with E-state index in [1.54, 1.807) is 0 Å². The van der Waals surface area contributed by atoms with Crippen molar-refractivity contribution >= 4 is 0 Å². The van der Waals surface area contributed by atoms with Gasteiger partial charge >= 0.3 is 0 Å². The SMILES string of the molecule is COc1cc(OCO)c(OCO)cc1OCO. The molecule has 96 valence electrons. The van der Waals surface area contributed by atoms with Gasteiger partial charge in [-0.25, -0.2) is 0 Å². The summed E-state index contributed by atoms with van der Waals surface area (Å²) < 4.78 is 19.7. The maximum absolute atomic E-state index is 8.70. The molecular formula is C10H14O7. The fraction of sp³-hybridized carbons (Fsp3) is 0.400. The lowest BCUT2D eigenvalue weighted by Crippen LogP contribution is -2.04. The molecule has 0 saturated carbocycles. The Morgan fingerprint density at radius 1 is 0.765 bits per heavy atom. The second-order valence-corrected chi connectivity index (χ2v) is 2.77. The standard InChI is InChI=1S/C10H14O7/c1-14-7-2-9(16-5-12)10(17-6-13)3-8(7)15-4-11/h2-3,11-13H,4-6H2,1H3. The minimum absolute atomic E-state index is 0.158. The van der Waals surface area contributed by atoms with Crippen LogP contribution in [0.25, 0.3) is 0 Å². The Morgan fingerprint density at radius 2 is 1.12 bits per heavy atom. The lowest BCUT2D eigenvalue weighted by molar-refractivity contribution is 0.0716.